The van der Waals surface area contributed by atoms with Crippen LogP contribution in [0.15, 0.2) is 29.6 Å². The van der Waals surface area contributed by atoms with E-state index in [1.165, 1.54) is 0 Å². The van der Waals surface area contributed by atoms with E-state index in [1.807, 2.05) is 12.3 Å². The van der Waals surface area contributed by atoms with Gasteiger partial charge in [0.1, 0.15) is 5.01 Å². The number of thiazole rings is 1. The molecular weight excluding hydrogens is 294 g/mol. The first kappa shape index (κ1) is 15.4. The Kier molecular flexibility index (Phi) is 6.47. The first-order valence-electron chi connectivity index (χ1n) is 6.58. The molecule has 0 aliphatic rings. The smallest absolute Gasteiger partial charge is 0.123 e. The van der Waals surface area contributed by atoms with Gasteiger partial charge in [0.15, 0.2) is 0 Å². The molecule has 2 rings (SSSR count). The monoisotopic (exact) mass is 311 g/mol. The fourth-order valence-electron chi connectivity index (χ4n) is 1.70. The lowest BCUT2D eigenvalue weighted by atomic mass is 10.1. The molecule has 0 radical (unpaired) electrons. The molecule has 1 aromatic carbocycles. The lowest BCUT2D eigenvalue weighted by molar-refractivity contribution is 0.0453. The van der Waals surface area contributed by atoms with Gasteiger partial charge in [-0.25, -0.2) is 4.98 Å². The Bertz CT molecular complexity index is 513. The van der Waals surface area contributed by atoms with Gasteiger partial charge in [-0.05, 0) is 12.5 Å². The summed E-state index contributed by atoms with van der Waals surface area (Å²) in [6, 6.07) is 8.27. The van der Waals surface area contributed by atoms with Crippen molar-refractivity contribution in [1.82, 2.24) is 4.98 Å². The summed E-state index contributed by atoms with van der Waals surface area (Å²) < 4.78 is 10.8. The Morgan fingerprint density at radius 1 is 1.15 bits per heavy atom. The van der Waals surface area contributed by atoms with Crippen LogP contribution in [-0.2, 0) is 22.0 Å². The van der Waals surface area contributed by atoms with Crippen LogP contribution in [0.2, 0.25) is 0 Å². The molecule has 2 aromatic rings. The second-order valence-corrected chi connectivity index (χ2v) is 5.35. The van der Waals surface area contributed by atoms with Crippen LogP contribution in [0.4, 0.5) is 0 Å². The molecule has 0 spiro atoms. The lowest BCUT2D eigenvalue weighted by Crippen LogP contribution is -2.03. The minimum atomic E-state index is 0.461. The quantitative estimate of drug-likeness (QED) is 0.543. The van der Waals surface area contributed by atoms with Crippen molar-refractivity contribution in [1.29, 1.82) is 0 Å². The molecule has 5 heteroatoms. The van der Waals surface area contributed by atoms with Crippen LogP contribution in [0.1, 0.15) is 18.2 Å². The van der Waals surface area contributed by atoms with Crippen molar-refractivity contribution in [3.63, 3.8) is 0 Å². The van der Waals surface area contributed by atoms with Crippen molar-refractivity contribution < 1.29 is 9.47 Å². The molecule has 0 N–H and O–H groups in total. The summed E-state index contributed by atoms with van der Waals surface area (Å²) in [6.07, 6.45) is 0. The first-order valence-corrected chi connectivity index (χ1v) is 8.00. The van der Waals surface area contributed by atoms with E-state index < -0.39 is 0 Å². The molecular formula is C15H18ClNO2S. The standard InChI is InChI=1S/C15H18ClNO2S/c1-2-18-7-8-19-10-12-3-5-13(6-4-12)15-17-14(9-16)11-20-15/h3-6,11H,2,7-10H2,1H3. The molecule has 3 nitrogen and oxygen atoms in total. The van der Waals surface area contributed by atoms with E-state index in [1.54, 1.807) is 11.3 Å². The Morgan fingerprint density at radius 2 is 1.90 bits per heavy atom. The topological polar surface area (TPSA) is 31.4 Å². The van der Waals surface area contributed by atoms with Gasteiger partial charge in [0, 0.05) is 17.6 Å². The third kappa shape index (κ3) is 4.56. The number of aromatic nitrogens is 1. The maximum Gasteiger partial charge on any atom is 0.123 e. The molecule has 0 fully saturated rings. The second-order valence-electron chi connectivity index (χ2n) is 4.22. The van der Waals surface area contributed by atoms with E-state index in [-0.39, 0.29) is 0 Å². The zero-order valence-electron chi connectivity index (χ0n) is 11.5. The van der Waals surface area contributed by atoms with Crippen LogP contribution in [0.3, 0.4) is 0 Å². The van der Waals surface area contributed by atoms with Gasteiger partial charge in [-0.2, -0.15) is 0 Å². The summed E-state index contributed by atoms with van der Waals surface area (Å²) >= 11 is 7.38. The highest BCUT2D eigenvalue weighted by atomic mass is 35.5. The predicted octanol–water partition coefficient (Wildman–Crippen LogP) is 4.10. The molecule has 1 aromatic heterocycles. The van der Waals surface area contributed by atoms with Gasteiger partial charge in [-0.15, -0.1) is 22.9 Å². The maximum absolute atomic E-state index is 5.76. The highest BCUT2D eigenvalue weighted by Crippen LogP contribution is 2.24. The van der Waals surface area contributed by atoms with Crippen molar-refractivity contribution in [2.45, 2.75) is 19.4 Å². The lowest BCUT2D eigenvalue weighted by Gasteiger charge is -2.05. The highest BCUT2D eigenvalue weighted by Gasteiger charge is 2.04. The van der Waals surface area contributed by atoms with Crippen LogP contribution in [0.5, 0.6) is 0 Å². The summed E-state index contributed by atoms with van der Waals surface area (Å²) in [6.45, 7) is 4.59. The highest BCUT2D eigenvalue weighted by molar-refractivity contribution is 7.13. The Labute approximate surface area is 128 Å². The molecule has 20 heavy (non-hydrogen) atoms. The number of alkyl halides is 1. The Hall–Kier alpha value is -0.940. The molecule has 0 amide bonds. The molecule has 0 saturated heterocycles. The van der Waals surface area contributed by atoms with Crippen LogP contribution < -0.4 is 0 Å². The third-order valence-corrected chi connectivity index (χ3v) is 3.95. The summed E-state index contributed by atoms with van der Waals surface area (Å²) in [5.41, 5.74) is 3.19. The maximum atomic E-state index is 5.76. The van der Waals surface area contributed by atoms with Gasteiger partial charge in [-0.3, -0.25) is 0 Å². The number of nitrogens with zero attached hydrogens (tertiary/aromatic N) is 1. The summed E-state index contributed by atoms with van der Waals surface area (Å²) in [4.78, 5) is 4.46. The van der Waals surface area contributed by atoms with E-state index in [9.17, 15) is 0 Å². The largest absolute Gasteiger partial charge is 0.379 e. The van der Waals surface area contributed by atoms with Gasteiger partial charge in [0.25, 0.3) is 0 Å². The van der Waals surface area contributed by atoms with Crippen molar-refractivity contribution in [3.8, 4) is 10.6 Å². The minimum Gasteiger partial charge on any atom is -0.379 e. The number of hydrogen-bond acceptors (Lipinski definition) is 4. The SMILES string of the molecule is CCOCCOCc1ccc(-c2nc(CCl)cs2)cc1. The van der Waals surface area contributed by atoms with Crippen LogP contribution in [0, 0.1) is 0 Å². The van der Waals surface area contributed by atoms with Gasteiger partial charge in [0.05, 0.1) is 31.4 Å². The van der Waals surface area contributed by atoms with E-state index in [0.717, 1.165) is 28.4 Å². The van der Waals surface area contributed by atoms with Gasteiger partial charge in [0.2, 0.25) is 0 Å². The molecule has 0 saturated carbocycles. The molecule has 0 bridgehead atoms. The van der Waals surface area contributed by atoms with Crippen LogP contribution in [-0.4, -0.2) is 24.8 Å². The third-order valence-electron chi connectivity index (χ3n) is 2.73. The van der Waals surface area contributed by atoms with Crippen molar-refractivity contribution in [2.75, 3.05) is 19.8 Å². The van der Waals surface area contributed by atoms with Crippen molar-refractivity contribution in [2.24, 2.45) is 0 Å². The molecule has 0 unspecified atom stereocenters. The molecule has 0 atom stereocenters. The van der Waals surface area contributed by atoms with E-state index in [0.29, 0.717) is 25.7 Å². The molecule has 108 valence electrons. The summed E-state index contributed by atoms with van der Waals surface area (Å²) in [5, 5.41) is 3.00. The second kappa shape index (κ2) is 8.37. The van der Waals surface area contributed by atoms with E-state index in [4.69, 9.17) is 21.1 Å². The number of ether oxygens (including phenoxy) is 2. The first-order chi connectivity index (χ1) is 9.83. The van der Waals surface area contributed by atoms with Gasteiger partial charge < -0.3 is 9.47 Å². The zero-order valence-corrected chi connectivity index (χ0v) is 13.0. The number of hydrogen-bond donors (Lipinski definition) is 0. The summed E-state index contributed by atoms with van der Waals surface area (Å²) in [7, 11) is 0. The van der Waals surface area contributed by atoms with Gasteiger partial charge >= 0.3 is 0 Å². The minimum absolute atomic E-state index is 0.461. The van der Waals surface area contributed by atoms with Crippen molar-refractivity contribution in [3.05, 3.63) is 40.9 Å². The molecule has 1 heterocycles. The summed E-state index contributed by atoms with van der Waals surface area (Å²) in [5.74, 6) is 0.461. The van der Waals surface area contributed by atoms with Crippen LogP contribution >= 0.6 is 22.9 Å². The number of halogens is 1. The molecule has 0 aliphatic carbocycles. The fraction of sp³-hybridized carbons (Fsp3) is 0.400. The number of benzene rings is 1. The Balaban J connectivity index is 1.86. The van der Waals surface area contributed by atoms with E-state index in [2.05, 4.69) is 29.2 Å². The Morgan fingerprint density at radius 3 is 2.55 bits per heavy atom. The van der Waals surface area contributed by atoms with E-state index >= 15 is 0 Å². The number of rotatable bonds is 8. The average Bonchev–Trinajstić information content (AvgIpc) is 2.97. The predicted molar refractivity (Wildman–Crippen MR) is 83.3 cm³/mol. The average molecular weight is 312 g/mol. The van der Waals surface area contributed by atoms with Crippen LogP contribution in [0.25, 0.3) is 10.6 Å². The van der Waals surface area contributed by atoms with Crippen molar-refractivity contribution >= 4 is 22.9 Å². The fourth-order valence-corrected chi connectivity index (χ4v) is 2.75. The zero-order chi connectivity index (χ0) is 14.2. The molecule has 0 aliphatic heterocycles. The normalized spacial score (nSPS) is 10.9. The van der Waals surface area contributed by atoms with Gasteiger partial charge in [-0.1, -0.05) is 24.3 Å².